The maximum absolute atomic E-state index is 14.2. The number of hydrogen-bond donors (Lipinski definition) is 1. The van der Waals surface area contributed by atoms with Crippen molar-refractivity contribution in [3.8, 4) is 17.6 Å². The molecule has 1 aliphatic heterocycles. The van der Waals surface area contributed by atoms with Gasteiger partial charge in [0.2, 0.25) is 5.91 Å². The first-order valence-electron chi connectivity index (χ1n) is 7.52. The van der Waals surface area contributed by atoms with Gasteiger partial charge in [-0.15, -0.1) is 0 Å². The van der Waals surface area contributed by atoms with Gasteiger partial charge in [0, 0.05) is 18.4 Å². The zero-order chi connectivity index (χ0) is 16.9. The maximum Gasteiger partial charge on any atom is 0.229 e. The van der Waals surface area contributed by atoms with Gasteiger partial charge in [0.05, 0.1) is 18.1 Å². The van der Waals surface area contributed by atoms with Crippen LogP contribution in [0.25, 0.3) is 0 Å². The van der Waals surface area contributed by atoms with E-state index < -0.39 is 5.82 Å². The van der Waals surface area contributed by atoms with Crippen LogP contribution in [0.4, 0.5) is 10.1 Å². The molecule has 0 aromatic heterocycles. The minimum atomic E-state index is -0.622. The summed E-state index contributed by atoms with van der Waals surface area (Å²) < 4.78 is 24.8. The molecule has 5 nitrogen and oxygen atoms in total. The van der Waals surface area contributed by atoms with Gasteiger partial charge in [-0.05, 0) is 30.7 Å². The zero-order valence-corrected chi connectivity index (χ0v) is 12.8. The maximum atomic E-state index is 14.2. The lowest BCUT2D eigenvalue weighted by Crippen LogP contribution is -2.22. The number of benzene rings is 2. The van der Waals surface area contributed by atoms with Crippen molar-refractivity contribution in [1.29, 1.82) is 5.26 Å². The van der Waals surface area contributed by atoms with Crippen molar-refractivity contribution < 1.29 is 18.7 Å². The summed E-state index contributed by atoms with van der Waals surface area (Å²) in [5, 5.41) is 11.7. The number of anilines is 1. The Morgan fingerprint density at radius 3 is 2.83 bits per heavy atom. The molecule has 0 radical (unpaired) electrons. The van der Waals surface area contributed by atoms with Crippen LogP contribution in [0.5, 0.6) is 11.5 Å². The van der Waals surface area contributed by atoms with Crippen LogP contribution in [0.1, 0.15) is 12.0 Å². The monoisotopic (exact) mass is 326 g/mol. The van der Waals surface area contributed by atoms with E-state index >= 15 is 0 Å². The van der Waals surface area contributed by atoms with Crippen molar-refractivity contribution in [2.45, 2.75) is 6.42 Å². The van der Waals surface area contributed by atoms with Crippen molar-refractivity contribution in [1.82, 2.24) is 0 Å². The van der Waals surface area contributed by atoms with Crippen molar-refractivity contribution in [2.24, 2.45) is 5.92 Å². The Morgan fingerprint density at radius 2 is 2.12 bits per heavy atom. The summed E-state index contributed by atoms with van der Waals surface area (Å²) in [7, 11) is 0. The van der Waals surface area contributed by atoms with E-state index in [1.807, 2.05) is 6.07 Å². The first-order chi connectivity index (χ1) is 11.7. The molecule has 1 amide bonds. The number of rotatable bonds is 4. The average Bonchev–Trinajstić information content (AvgIpc) is 3.12. The molecule has 1 fully saturated rings. The fourth-order valence-corrected chi connectivity index (χ4v) is 2.41. The van der Waals surface area contributed by atoms with Crippen LogP contribution in [0.15, 0.2) is 42.5 Å². The van der Waals surface area contributed by atoms with E-state index in [0.29, 0.717) is 30.9 Å². The molecule has 0 bridgehead atoms. The lowest BCUT2D eigenvalue weighted by Gasteiger charge is -2.12. The van der Waals surface area contributed by atoms with Crippen molar-refractivity contribution in [3.63, 3.8) is 0 Å². The molecule has 2 aromatic rings. The Kier molecular flexibility index (Phi) is 4.73. The fraction of sp³-hybridized carbons (Fsp3) is 0.222. The number of para-hydroxylation sites is 1. The lowest BCUT2D eigenvalue weighted by atomic mass is 10.1. The van der Waals surface area contributed by atoms with Gasteiger partial charge in [0.25, 0.3) is 0 Å². The summed E-state index contributed by atoms with van der Waals surface area (Å²) in [6, 6.07) is 12.7. The smallest absolute Gasteiger partial charge is 0.229 e. The molecule has 1 heterocycles. The molecular weight excluding hydrogens is 311 g/mol. The van der Waals surface area contributed by atoms with Crippen LogP contribution in [-0.2, 0) is 9.53 Å². The third kappa shape index (κ3) is 3.53. The van der Waals surface area contributed by atoms with Gasteiger partial charge in [-0.3, -0.25) is 4.79 Å². The average molecular weight is 326 g/mol. The van der Waals surface area contributed by atoms with Gasteiger partial charge < -0.3 is 14.8 Å². The number of nitrogens with zero attached hydrogens (tertiary/aromatic N) is 1. The third-order valence-corrected chi connectivity index (χ3v) is 3.73. The Bertz CT molecular complexity index is 795. The highest BCUT2D eigenvalue weighted by molar-refractivity contribution is 5.92. The van der Waals surface area contributed by atoms with Crippen LogP contribution in [0.2, 0.25) is 0 Å². The van der Waals surface area contributed by atoms with Gasteiger partial charge in [-0.25, -0.2) is 4.39 Å². The number of ether oxygens (including phenoxy) is 2. The number of hydrogen-bond acceptors (Lipinski definition) is 4. The standard InChI is InChI=1S/C18H15FN2O3/c19-15-9-14(21-18(22)13-7-8-23-11-13)5-6-17(15)24-16-4-2-1-3-12(16)10-20/h1-6,9,13H,7-8,11H2,(H,21,22)/t13-/m0/s1. The van der Waals surface area contributed by atoms with E-state index in [9.17, 15) is 9.18 Å². The number of amides is 1. The van der Waals surface area contributed by atoms with Crippen LogP contribution in [0, 0.1) is 23.1 Å². The van der Waals surface area contributed by atoms with E-state index in [4.69, 9.17) is 14.7 Å². The van der Waals surface area contributed by atoms with Crippen molar-refractivity contribution in [3.05, 3.63) is 53.8 Å². The molecule has 0 saturated carbocycles. The Hall–Kier alpha value is -2.91. The summed E-state index contributed by atoms with van der Waals surface area (Å²) in [4.78, 5) is 12.0. The number of nitriles is 1. The molecule has 3 rings (SSSR count). The molecule has 1 N–H and O–H groups in total. The third-order valence-electron chi connectivity index (χ3n) is 3.73. The van der Waals surface area contributed by atoms with Crippen LogP contribution >= 0.6 is 0 Å². The molecule has 1 aliphatic rings. The molecule has 0 aliphatic carbocycles. The van der Waals surface area contributed by atoms with E-state index in [2.05, 4.69) is 5.32 Å². The zero-order valence-electron chi connectivity index (χ0n) is 12.8. The van der Waals surface area contributed by atoms with Gasteiger partial charge in [0.1, 0.15) is 11.8 Å². The Morgan fingerprint density at radius 1 is 1.29 bits per heavy atom. The number of carbonyl (C=O) groups excluding carboxylic acids is 1. The van der Waals surface area contributed by atoms with E-state index in [0.717, 1.165) is 0 Å². The molecule has 24 heavy (non-hydrogen) atoms. The molecule has 6 heteroatoms. The normalized spacial score (nSPS) is 16.4. The SMILES string of the molecule is N#Cc1ccccc1Oc1ccc(NC(=O)[C@H]2CCOC2)cc1F. The molecule has 0 spiro atoms. The number of nitrogens with one attached hydrogen (secondary N) is 1. The molecular formula is C18H15FN2O3. The van der Waals surface area contributed by atoms with Crippen LogP contribution in [0.3, 0.4) is 0 Å². The Balaban J connectivity index is 1.73. The lowest BCUT2D eigenvalue weighted by molar-refractivity contribution is -0.119. The minimum Gasteiger partial charge on any atom is -0.453 e. The van der Waals surface area contributed by atoms with E-state index in [-0.39, 0.29) is 23.3 Å². The summed E-state index contributed by atoms with van der Waals surface area (Å²) >= 11 is 0. The van der Waals surface area contributed by atoms with E-state index in [1.165, 1.54) is 12.1 Å². The summed E-state index contributed by atoms with van der Waals surface area (Å²) in [5.41, 5.74) is 0.667. The summed E-state index contributed by atoms with van der Waals surface area (Å²) in [6.45, 7) is 0.956. The first-order valence-corrected chi connectivity index (χ1v) is 7.52. The van der Waals surface area contributed by atoms with Gasteiger partial charge >= 0.3 is 0 Å². The van der Waals surface area contributed by atoms with Crippen LogP contribution in [-0.4, -0.2) is 19.1 Å². The second-order valence-corrected chi connectivity index (χ2v) is 5.40. The topological polar surface area (TPSA) is 71.3 Å². The van der Waals surface area contributed by atoms with Crippen LogP contribution < -0.4 is 10.1 Å². The summed E-state index contributed by atoms with van der Waals surface area (Å²) in [5.74, 6) is -0.746. The van der Waals surface area contributed by atoms with Gasteiger partial charge in [-0.2, -0.15) is 5.26 Å². The van der Waals surface area contributed by atoms with Crippen molar-refractivity contribution in [2.75, 3.05) is 18.5 Å². The van der Waals surface area contributed by atoms with Gasteiger partial charge in [0.15, 0.2) is 11.6 Å². The van der Waals surface area contributed by atoms with Crippen molar-refractivity contribution >= 4 is 11.6 Å². The quantitative estimate of drug-likeness (QED) is 0.934. The van der Waals surface area contributed by atoms with E-state index in [1.54, 1.807) is 30.3 Å². The fourth-order valence-electron chi connectivity index (χ4n) is 2.41. The second-order valence-electron chi connectivity index (χ2n) is 5.40. The largest absolute Gasteiger partial charge is 0.453 e. The highest BCUT2D eigenvalue weighted by Crippen LogP contribution is 2.29. The minimum absolute atomic E-state index is 0.0140. The first kappa shape index (κ1) is 16.0. The highest BCUT2D eigenvalue weighted by atomic mass is 19.1. The predicted molar refractivity (Wildman–Crippen MR) is 85.2 cm³/mol. The molecule has 122 valence electrons. The number of carbonyl (C=O) groups is 1. The molecule has 1 atom stereocenters. The molecule has 1 saturated heterocycles. The Labute approximate surface area is 138 Å². The predicted octanol–water partition coefficient (Wildman–Crippen LogP) is 3.46. The second kappa shape index (κ2) is 7.11. The molecule has 2 aromatic carbocycles. The van der Waals surface area contributed by atoms with Gasteiger partial charge in [-0.1, -0.05) is 12.1 Å². The number of halogens is 1. The summed E-state index contributed by atoms with van der Waals surface area (Å²) in [6.07, 6.45) is 0.667. The highest BCUT2D eigenvalue weighted by Gasteiger charge is 2.23. The molecule has 0 unspecified atom stereocenters.